The third-order valence-electron chi connectivity index (χ3n) is 3.27. The molecule has 0 bridgehead atoms. The van der Waals surface area contributed by atoms with Crippen molar-refractivity contribution in [3.8, 4) is 0 Å². The van der Waals surface area contributed by atoms with Crippen molar-refractivity contribution in [2.24, 2.45) is 0 Å². The van der Waals surface area contributed by atoms with E-state index in [1.54, 1.807) is 0 Å². The van der Waals surface area contributed by atoms with Crippen molar-refractivity contribution in [1.82, 2.24) is 0 Å². The molecule has 0 radical (unpaired) electrons. The summed E-state index contributed by atoms with van der Waals surface area (Å²) in [4.78, 5) is 19.4. The Labute approximate surface area is 129 Å². The summed E-state index contributed by atoms with van der Waals surface area (Å²) >= 11 is 0. The third-order valence-corrected chi connectivity index (χ3v) is 3.27. The fourth-order valence-corrected chi connectivity index (χ4v) is 1.46. The first-order valence-corrected chi connectivity index (χ1v) is 6.68. The largest absolute Gasteiger partial charge is 0.547 e. The number of rotatable bonds is 5. The van der Waals surface area contributed by atoms with Crippen molar-refractivity contribution in [3.05, 3.63) is 35.9 Å². The summed E-state index contributed by atoms with van der Waals surface area (Å²) in [6, 6.07) is 10.5. The SMILES string of the molecule is CC(c1ccccc1)C(C)(C)[NH3+].O=C([O-])[C@H](O)[C@@H](O)C(=O)O. The zero-order chi connectivity index (χ0) is 17.5. The van der Waals surface area contributed by atoms with Crippen LogP contribution in [0.5, 0.6) is 0 Å². The van der Waals surface area contributed by atoms with Crippen molar-refractivity contribution < 1.29 is 35.7 Å². The number of hydrogen-bond acceptors (Lipinski definition) is 5. The molecule has 0 fully saturated rings. The lowest BCUT2D eigenvalue weighted by Gasteiger charge is -2.23. The van der Waals surface area contributed by atoms with Crippen LogP contribution < -0.4 is 10.8 Å². The van der Waals surface area contributed by atoms with E-state index in [-0.39, 0.29) is 5.54 Å². The predicted octanol–water partition coefficient (Wildman–Crippen LogP) is -1.65. The number of aliphatic hydroxyl groups is 2. The van der Waals surface area contributed by atoms with E-state index in [1.807, 2.05) is 6.07 Å². The lowest BCUT2D eigenvalue weighted by atomic mass is 9.84. The molecular formula is C15H23NO6. The molecule has 0 amide bonds. The first-order valence-electron chi connectivity index (χ1n) is 6.68. The lowest BCUT2D eigenvalue weighted by molar-refractivity contribution is -0.471. The van der Waals surface area contributed by atoms with E-state index in [2.05, 4.69) is 50.8 Å². The van der Waals surface area contributed by atoms with Crippen LogP contribution in [-0.4, -0.2) is 45.0 Å². The molecule has 0 saturated heterocycles. The van der Waals surface area contributed by atoms with Crippen LogP contribution in [0.4, 0.5) is 0 Å². The average molecular weight is 313 g/mol. The second kappa shape index (κ2) is 8.47. The number of aliphatic hydroxyl groups excluding tert-OH is 2. The van der Waals surface area contributed by atoms with E-state index in [0.717, 1.165) is 0 Å². The smallest absolute Gasteiger partial charge is 0.335 e. The van der Waals surface area contributed by atoms with Crippen LogP contribution in [0.1, 0.15) is 32.3 Å². The highest BCUT2D eigenvalue weighted by Gasteiger charge is 2.25. The van der Waals surface area contributed by atoms with E-state index < -0.39 is 24.1 Å². The standard InChI is InChI=1S/C11H17N.C4H6O6/c1-9(11(2,3)12)10-7-5-4-6-8-10;5-1(3(7)8)2(6)4(9)10/h4-9H,12H2,1-3H3;1-2,5-6H,(H,7,8)(H,9,10)/t;1-,2-/m.1/s1. The Balaban J connectivity index is 0.000000409. The molecule has 3 atom stereocenters. The summed E-state index contributed by atoms with van der Waals surface area (Å²) in [6.07, 6.45) is -4.71. The number of quaternary nitrogens is 1. The first-order chi connectivity index (χ1) is 9.98. The first kappa shape index (κ1) is 20.0. The van der Waals surface area contributed by atoms with Crippen LogP contribution in [0.25, 0.3) is 0 Å². The molecular weight excluding hydrogens is 290 g/mol. The number of carboxylic acid groups (broad SMARTS) is 2. The van der Waals surface area contributed by atoms with E-state index in [0.29, 0.717) is 5.92 Å². The molecule has 1 aromatic rings. The number of aliphatic carboxylic acids is 2. The van der Waals surface area contributed by atoms with Gasteiger partial charge in [-0.2, -0.15) is 0 Å². The van der Waals surface area contributed by atoms with Gasteiger partial charge < -0.3 is 31.0 Å². The highest BCUT2D eigenvalue weighted by atomic mass is 16.4. The fraction of sp³-hybridized carbons (Fsp3) is 0.467. The predicted molar refractivity (Wildman–Crippen MR) is 76.5 cm³/mol. The van der Waals surface area contributed by atoms with Crippen molar-refractivity contribution >= 4 is 11.9 Å². The van der Waals surface area contributed by atoms with Gasteiger partial charge in [0.25, 0.3) is 0 Å². The fourth-order valence-electron chi connectivity index (χ4n) is 1.46. The molecule has 1 aromatic carbocycles. The maximum absolute atomic E-state index is 9.74. The summed E-state index contributed by atoms with van der Waals surface area (Å²) in [5.74, 6) is -3.31. The molecule has 7 heteroatoms. The van der Waals surface area contributed by atoms with Gasteiger partial charge in [0.15, 0.2) is 6.10 Å². The quantitative estimate of drug-likeness (QED) is 0.512. The van der Waals surface area contributed by atoms with Crippen molar-refractivity contribution in [1.29, 1.82) is 0 Å². The van der Waals surface area contributed by atoms with Gasteiger partial charge in [-0.05, 0) is 19.4 Å². The number of hydrogen-bond donors (Lipinski definition) is 4. The van der Waals surface area contributed by atoms with Gasteiger partial charge >= 0.3 is 5.97 Å². The van der Waals surface area contributed by atoms with Crippen LogP contribution in [0.3, 0.4) is 0 Å². The maximum atomic E-state index is 9.74. The summed E-state index contributed by atoms with van der Waals surface area (Å²) in [5, 5.41) is 34.1. The molecule has 0 heterocycles. The van der Waals surface area contributed by atoms with Gasteiger partial charge in [0.2, 0.25) is 0 Å². The zero-order valence-corrected chi connectivity index (χ0v) is 12.9. The van der Waals surface area contributed by atoms with Crippen molar-refractivity contribution in [2.75, 3.05) is 0 Å². The molecule has 7 nitrogen and oxygen atoms in total. The Morgan fingerprint density at radius 1 is 1.14 bits per heavy atom. The Morgan fingerprint density at radius 2 is 1.59 bits per heavy atom. The molecule has 0 aliphatic heterocycles. The van der Waals surface area contributed by atoms with Gasteiger partial charge in [-0.15, -0.1) is 0 Å². The molecule has 0 aromatic heterocycles. The van der Waals surface area contributed by atoms with Crippen LogP contribution >= 0.6 is 0 Å². The topological polar surface area (TPSA) is 146 Å². The van der Waals surface area contributed by atoms with Crippen LogP contribution in [-0.2, 0) is 9.59 Å². The summed E-state index contributed by atoms with van der Waals surface area (Å²) in [7, 11) is 0. The second-order valence-electron chi connectivity index (χ2n) is 5.67. The van der Waals surface area contributed by atoms with Gasteiger partial charge in [-0.25, -0.2) is 4.79 Å². The minimum atomic E-state index is -2.38. The van der Waals surface area contributed by atoms with Gasteiger partial charge in [-0.1, -0.05) is 37.3 Å². The molecule has 0 spiro atoms. The number of carbonyl (C=O) groups excluding carboxylic acids is 1. The molecule has 0 aliphatic rings. The van der Waals surface area contributed by atoms with Crippen LogP contribution in [0.15, 0.2) is 30.3 Å². The minimum absolute atomic E-state index is 0.112. The summed E-state index contributed by atoms with van der Waals surface area (Å²) in [5.41, 5.74) is 5.63. The van der Waals surface area contributed by atoms with E-state index >= 15 is 0 Å². The summed E-state index contributed by atoms with van der Waals surface area (Å²) in [6.45, 7) is 6.57. The monoisotopic (exact) mass is 313 g/mol. The zero-order valence-electron chi connectivity index (χ0n) is 12.9. The number of carboxylic acids is 2. The Bertz CT molecular complexity index is 465. The Morgan fingerprint density at radius 3 is 1.86 bits per heavy atom. The maximum Gasteiger partial charge on any atom is 0.335 e. The average Bonchev–Trinajstić information content (AvgIpc) is 2.45. The molecule has 0 aliphatic carbocycles. The lowest BCUT2D eigenvalue weighted by Crippen LogP contribution is -2.71. The van der Waals surface area contributed by atoms with Crippen LogP contribution in [0.2, 0.25) is 0 Å². The van der Waals surface area contributed by atoms with Crippen LogP contribution in [0, 0.1) is 0 Å². The van der Waals surface area contributed by atoms with E-state index in [9.17, 15) is 14.7 Å². The second-order valence-corrected chi connectivity index (χ2v) is 5.67. The molecule has 1 unspecified atom stereocenters. The van der Waals surface area contributed by atoms with Crippen molar-refractivity contribution in [3.63, 3.8) is 0 Å². The molecule has 124 valence electrons. The van der Waals surface area contributed by atoms with Gasteiger partial charge in [0.1, 0.15) is 6.10 Å². The minimum Gasteiger partial charge on any atom is -0.547 e. The Hall–Kier alpha value is -1.96. The van der Waals surface area contributed by atoms with E-state index in [4.69, 9.17) is 15.3 Å². The van der Waals surface area contributed by atoms with Gasteiger partial charge in [0, 0.05) is 5.92 Å². The molecule has 22 heavy (non-hydrogen) atoms. The Kier molecular flexibility index (Phi) is 7.72. The molecule has 1 rings (SSSR count). The number of benzene rings is 1. The number of carbonyl (C=O) groups is 2. The van der Waals surface area contributed by atoms with Gasteiger partial charge in [-0.3, -0.25) is 0 Å². The summed E-state index contributed by atoms with van der Waals surface area (Å²) < 4.78 is 0. The highest BCUT2D eigenvalue weighted by Crippen LogP contribution is 2.23. The van der Waals surface area contributed by atoms with Gasteiger partial charge in [0.05, 0.1) is 11.5 Å². The normalized spacial score (nSPS) is 15.0. The molecule has 6 N–H and O–H groups in total. The van der Waals surface area contributed by atoms with Crippen molar-refractivity contribution in [2.45, 2.75) is 44.4 Å². The third kappa shape index (κ3) is 6.66. The highest BCUT2D eigenvalue weighted by molar-refractivity contribution is 5.82. The van der Waals surface area contributed by atoms with E-state index in [1.165, 1.54) is 5.56 Å². The molecule has 0 saturated carbocycles.